The molecule has 0 saturated heterocycles. The van der Waals surface area contributed by atoms with E-state index in [1.165, 1.54) is 4.90 Å². The second kappa shape index (κ2) is 5.44. The number of rotatable bonds is 6. The smallest absolute Gasteiger partial charge is 0.317 e. The van der Waals surface area contributed by atoms with Crippen molar-refractivity contribution in [2.24, 2.45) is 7.05 Å². The van der Waals surface area contributed by atoms with Gasteiger partial charge in [0.05, 0.1) is 19.3 Å². The van der Waals surface area contributed by atoms with Crippen molar-refractivity contribution in [3.63, 3.8) is 0 Å². The van der Waals surface area contributed by atoms with Crippen molar-refractivity contribution in [2.45, 2.75) is 13.5 Å². The van der Waals surface area contributed by atoms with Crippen LogP contribution in [-0.2, 0) is 23.2 Å². The van der Waals surface area contributed by atoms with Crippen LogP contribution in [0.1, 0.15) is 11.3 Å². The van der Waals surface area contributed by atoms with Crippen LogP contribution in [0.15, 0.2) is 6.20 Å². The zero-order chi connectivity index (χ0) is 13.0. The van der Waals surface area contributed by atoms with Crippen molar-refractivity contribution in [1.29, 1.82) is 0 Å². The topological polar surface area (TPSA) is 95.7 Å². The molecule has 7 nitrogen and oxygen atoms in total. The molecule has 0 amide bonds. The maximum Gasteiger partial charge on any atom is 0.317 e. The molecular formula is C10H15N3O4. The number of carboxylic acid groups (broad SMARTS) is 2. The third kappa shape index (κ3) is 3.87. The van der Waals surface area contributed by atoms with Crippen LogP contribution in [-0.4, -0.2) is 49.9 Å². The molecule has 0 bridgehead atoms. The summed E-state index contributed by atoms with van der Waals surface area (Å²) in [5.74, 6) is -2.10. The van der Waals surface area contributed by atoms with E-state index in [2.05, 4.69) is 5.10 Å². The molecule has 94 valence electrons. The van der Waals surface area contributed by atoms with E-state index in [0.717, 1.165) is 11.3 Å². The molecule has 0 fully saturated rings. The van der Waals surface area contributed by atoms with Crippen LogP contribution >= 0.6 is 0 Å². The molecule has 7 heteroatoms. The summed E-state index contributed by atoms with van der Waals surface area (Å²) in [5, 5.41) is 21.4. The molecule has 0 aliphatic heterocycles. The van der Waals surface area contributed by atoms with Crippen LogP contribution < -0.4 is 0 Å². The summed E-state index contributed by atoms with van der Waals surface area (Å²) in [5.41, 5.74) is 1.72. The minimum Gasteiger partial charge on any atom is -0.480 e. The first-order valence-corrected chi connectivity index (χ1v) is 5.03. The number of nitrogens with zero attached hydrogens (tertiary/aromatic N) is 3. The Morgan fingerprint density at radius 1 is 1.35 bits per heavy atom. The lowest BCUT2D eigenvalue weighted by Crippen LogP contribution is -2.34. The molecule has 1 aromatic rings. The third-order valence-electron chi connectivity index (χ3n) is 2.45. The molecule has 2 N–H and O–H groups in total. The molecule has 0 radical (unpaired) electrons. The Balaban J connectivity index is 2.74. The van der Waals surface area contributed by atoms with E-state index < -0.39 is 11.9 Å². The second-order valence-corrected chi connectivity index (χ2v) is 3.81. The van der Waals surface area contributed by atoms with Gasteiger partial charge in [-0.3, -0.25) is 19.2 Å². The zero-order valence-electron chi connectivity index (χ0n) is 9.75. The average molecular weight is 241 g/mol. The van der Waals surface area contributed by atoms with Crippen molar-refractivity contribution < 1.29 is 19.8 Å². The zero-order valence-corrected chi connectivity index (χ0v) is 9.75. The van der Waals surface area contributed by atoms with Gasteiger partial charge in [0.1, 0.15) is 0 Å². The van der Waals surface area contributed by atoms with Gasteiger partial charge in [0.2, 0.25) is 0 Å². The van der Waals surface area contributed by atoms with Gasteiger partial charge in [-0.1, -0.05) is 0 Å². The highest BCUT2D eigenvalue weighted by atomic mass is 16.4. The number of aliphatic carboxylic acids is 2. The van der Waals surface area contributed by atoms with Crippen molar-refractivity contribution in [2.75, 3.05) is 13.1 Å². The molecule has 1 heterocycles. The Labute approximate surface area is 98.3 Å². The number of aromatic nitrogens is 2. The maximum absolute atomic E-state index is 10.6. The monoisotopic (exact) mass is 241 g/mol. The fraction of sp³-hybridized carbons (Fsp3) is 0.500. The number of aryl methyl sites for hydroxylation is 1. The van der Waals surface area contributed by atoms with Gasteiger partial charge in [-0.2, -0.15) is 5.10 Å². The fourth-order valence-corrected chi connectivity index (χ4v) is 1.49. The van der Waals surface area contributed by atoms with Gasteiger partial charge in [0, 0.05) is 24.8 Å². The Morgan fingerprint density at radius 2 is 1.88 bits per heavy atom. The summed E-state index contributed by atoms with van der Waals surface area (Å²) in [4.78, 5) is 22.6. The van der Waals surface area contributed by atoms with Crippen LogP contribution in [0.2, 0.25) is 0 Å². The molecule has 0 aromatic carbocycles. The molecule has 17 heavy (non-hydrogen) atoms. The Bertz CT molecular complexity index is 411. The summed E-state index contributed by atoms with van der Waals surface area (Å²) in [6.07, 6.45) is 1.62. The number of hydrogen-bond acceptors (Lipinski definition) is 4. The molecule has 0 saturated carbocycles. The van der Waals surface area contributed by atoms with E-state index in [0.29, 0.717) is 0 Å². The lowest BCUT2D eigenvalue weighted by molar-refractivity contribution is -0.142. The van der Waals surface area contributed by atoms with E-state index >= 15 is 0 Å². The quantitative estimate of drug-likeness (QED) is 0.710. The summed E-state index contributed by atoms with van der Waals surface area (Å²) < 4.78 is 1.66. The van der Waals surface area contributed by atoms with Crippen molar-refractivity contribution in [3.8, 4) is 0 Å². The van der Waals surface area contributed by atoms with Gasteiger partial charge < -0.3 is 10.2 Å². The van der Waals surface area contributed by atoms with Crippen LogP contribution in [0.3, 0.4) is 0 Å². The molecule has 1 rings (SSSR count). The van der Waals surface area contributed by atoms with E-state index in [1.54, 1.807) is 17.9 Å². The van der Waals surface area contributed by atoms with Crippen LogP contribution in [0.25, 0.3) is 0 Å². The Morgan fingerprint density at radius 3 is 2.24 bits per heavy atom. The molecular weight excluding hydrogens is 226 g/mol. The van der Waals surface area contributed by atoms with E-state index in [-0.39, 0.29) is 19.6 Å². The predicted molar refractivity (Wildman–Crippen MR) is 58.5 cm³/mol. The Hall–Kier alpha value is -1.89. The van der Waals surface area contributed by atoms with E-state index in [9.17, 15) is 9.59 Å². The summed E-state index contributed by atoms with van der Waals surface area (Å²) in [7, 11) is 1.78. The fourth-order valence-electron chi connectivity index (χ4n) is 1.49. The SMILES string of the molecule is Cc1c(CN(CC(=O)O)CC(=O)O)cnn1C. The standard InChI is InChI=1S/C10H15N3O4/c1-7-8(3-11-12(7)2)4-13(5-9(14)15)6-10(16)17/h3H,4-6H2,1-2H3,(H,14,15)(H,16,17). The van der Waals surface area contributed by atoms with Crippen LogP contribution in [0.4, 0.5) is 0 Å². The second-order valence-electron chi connectivity index (χ2n) is 3.81. The summed E-state index contributed by atoms with van der Waals surface area (Å²) >= 11 is 0. The highest BCUT2D eigenvalue weighted by Gasteiger charge is 2.16. The lowest BCUT2D eigenvalue weighted by atomic mass is 10.2. The largest absolute Gasteiger partial charge is 0.480 e. The molecule has 0 spiro atoms. The van der Waals surface area contributed by atoms with Crippen LogP contribution in [0.5, 0.6) is 0 Å². The first kappa shape index (κ1) is 13.2. The highest BCUT2D eigenvalue weighted by Crippen LogP contribution is 2.09. The van der Waals surface area contributed by atoms with E-state index in [4.69, 9.17) is 10.2 Å². The number of hydrogen-bond donors (Lipinski definition) is 2. The van der Waals surface area contributed by atoms with Crippen molar-refractivity contribution in [1.82, 2.24) is 14.7 Å². The van der Waals surface area contributed by atoms with Gasteiger partial charge in [-0.05, 0) is 6.92 Å². The number of carbonyl (C=O) groups is 2. The predicted octanol–water partition coefficient (Wildman–Crippen LogP) is -0.300. The summed E-state index contributed by atoms with van der Waals surface area (Å²) in [6, 6.07) is 0. The lowest BCUT2D eigenvalue weighted by Gasteiger charge is -2.17. The molecule has 0 unspecified atom stereocenters. The third-order valence-corrected chi connectivity index (χ3v) is 2.45. The Kier molecular flexibility index (Phi) is 4.22. The van der Waals surface area contributed by atoms with Crippen molar-refractivity contribution >= 4 is 11.9 Å². The van der Waals surface area contributed by atoms with Gasteiger partial charge in [-0.25, -0.2) is 0 Å². The molecule has 0 aliphatic carbocycles. The average Bonchev–Trinajstić information content (AvgIpc) is 2.47. The first-order chi connectivity index (χ1) is 7.90. The first-order valence-electron chi connectivity index (χ1n) is 5.03. The maximum atomic E-state index is 10.6. The van der Waals surface area contributed by atoms with Gasteiger partial charge in [0.25, 0.3) is 0 Å². The van der Waals surface area contributed by atoms with Gasteiger partial charge in [0.15, 0.2) is 0 Å². The highest BCUT2D eigenvalue weighted by molar-refractivity contribution is 5.72. The van der Waals surface area contributed by atoms with Crippen LogP contribution in [0, 0.1) is 6.92 Å². The summed E-state index contributed by atoms with van der Waals surface area (Å²) in [6.45, 7) is 1.50. The van der Waals surface area contributed by atoms with Gasteiger partial charge >= 0.3 is 11.9 Å². The van der Waals surface area contributed by atoms with Crippen molar-refractivity contribution in [3.05, 3.63) is 17.5 Å². The normalized spacial score (nSPS) is 10.8. The molecule has 1 aromatic heterocycles. The molecule has 0 aliphatic rings. The number of carboxylic acids is 2. The van der Waals surface area contributed by atoms with E-state index in [1.807, 2.05) is 6.92 Å². The molecule has 0 atom stereocenters. The minimum absolute atomic E-state index is 0.262. The van der Waals surface area contributed by atoms with Gasteiger partial charge in [-0.15, -0.1) is 0 Å². The minimum atomic E-state index is -1.05.